The molecule has 33 heavy (non-hydrogen) atoms. The molecule has 0 spiro atoms. The minimum Gasteiger partial charge on any atom is -0.495 e. The third kappa shape index (κ3) is 4.57. The number of carbonyl (C=O) groups is 2. The maximum absolute atomic E-state index is 13.6. The van der Waals surface area contributed by atoms with E-state index in [1.54, 1.807) is 43.3 Å². The minimum absolute atomic E-state index is 0.130. The lowest BCUT2D eigenvalue weighted by molar-refractivity contribution is -0.116. The zero-order valence-corrected chi connectivity index (χ0v) is 18.6. The summed E-state index contributed by atoms with van der Waals surface area (Å²) in [5.41, 5.74) is 2.11. The zero-order chi connectivity index (χ0) is 23.4. The van der Waals surface area contributed by atoms with Gasteiger partial charge in [-0.2, -0.15) is 0 Å². The number of benzene rings is 1. The standard InChI is InChI=1S/C24H24N4O5/c1-4-11-28(14-21(29)25-17-8-5-6-9-19(17)31-3)24(30)16-13-18(20-10-7-12-32-20)26-23-22(16)15(2)27-33-23/h5-10,12-13H,4,11,14H2,1-3H3,(H,25,29). The maximum atomic E-state index is 13.6. The van der Waals surface area contributed by atoms with Crippen LogP contribution in [0.5, 0.6) is 5.75 Å². The predicted molar refractivity (Wildman–Crippen MR) is 122 cm³/mol. The molecule has 9 nitrogen and oxygen atoms in total. The Kier molecular flexibility index (Phi) is 6.39. The summed E-state index contributed by atoms with van der Waals surface area (Å²) in [7, 11) is 1.53. The molecule has 0 aliphatic rings. The smallest absolute Gasteiger partial charge is 0.259 e. The average Bonchev–Trinajstić information content (AvgIpc) is 3.48. The third-order valence-electron chi connectivity index (χ3n) is 5.12. The number of hydrogen-bond acceptors (Lipinski definition) is 7. The van der Waals surface area contributed by atoms with E-state index < -0.39 is 0 Å². The van der Waals surface area contributed by atoms with Gasteiger partial charge < -0.3 is 23.9 Å². The fraction of sp³-hybridized carbons (Fsp3) is 0.250. The normalized spacial score (nSPS) is 10.9. The van der Waals surface area contributed by atoms with E-state index in [-0.39, 0.29) is 24.1 Å². The number of furan rings is 1. The number of aryl methyl sites for hydroxylation is 1. The van der Waals surface area contributed by atoms with E-state index in [2.05, 4.69) is 15.5 Å². The van der Waals surface area contributed by atoms with Gasteiger partial charge in [-0.25, -0.2) is 4.98 Å². The van der Waals surface area contributed by atoms with Gasteiger partial charge in [0, 0.05) is 6.54 Å². The lowest BCUT2D eigenvalue weighted by Crippen LogP contribution is -2.38. The van der Waals surface area contributed by atoms with E-state index in [0.717, 1.165) is 0 Å². The van der Waals surface area contributed by atoms with E-state index in [9.17, 15) is 9.59 Å². The summed E-state index contributed by atoms with van der Waals surface area (Å²) in [6.07, 6.45) is 2.20. The van der Waals surface area contributed by atoms with E-state index in [1.807, 2.05) is 13.0 Å². The van der Waals surface area contributed by atoms with Gasteiger partial charge in [0.25, 0.3) is 11.6 Å². The molecule has 9 heteroatoms. The summed E-state index contributed by atoms with van der Waals surface area (Å²) in [6.45, 7) is 3.95. The highest BCUT2D eigenvalue weighted by Gasteiger charge is 2.25. The summed E-state index contributed by atoms with van der Waals surface area (Å²) in [5.74, 6) is 0.382. The Morgan fingerprint density at radius 3 is 2.73 bits per heavy atom. The van der Waals surface area contributed by atoms with Gasteiger partial charge in [0.1, 0.15) is 18.0 Å². The zero-order valence-electron chi connectivity index (χ0n) is 18.6. The van der Waals surface area contributed by atoms with Crippen molar-refractivity contribution in [1.29, 1.82) is 0 Å². The first-order chi connectivity index (χ1) is 16.0. The first-order valence-electron chi connectivity index (χ1n) is 10.5. The molecule has 0 saturated heterocycles. The molecule has 0 aliphatic carbocycles. The molecule has 0 unspecified atom stereocenters. The lowest BCUT2D eigenvalue weighted by Gasteiger charge is -2.22. The van der Waals surface area contributed by atoms with Crippen LogP contribution in [0.1, 0.15) is 29.4 Å². The number of para-hydroxylation sites is 2. The van der Waals surface area contributed by atoms with Crippen LogP contribution in [0.4, 0.5) is 5.69 Å². The van der Waals surface area contributed by atoms with Crippen LogP contribution in [0.3, 0.4) is 0 Å². The Bertz CT molecular complexity index is 1280. The van der Waals surface area contributed by atoms with Crippen molar-refractivity contribution in [1.82, 2.24) is 15.0 Å². The summed E-state index contributed by atoms with van der Waals surface area (Å²) < 4.78 is 16.1. The SMILES string of the molecule is CCCN(CC(=O)Nc1ccccc1OC)C(=O)c1cc(-c2ccco2)nc2onc(C)c12. The van der Waals surface area contributed by atoms with Crippen LogP contribution < -0.4 is 10.1 Å². The topological polar surface area (TPSA) is 111 Å². The number of rotatable bonds is 8. The van der Waals surface area contributed by atoms with Crippen molar-refractivity contribution in [2.24, 2.45) is 0 Å². The van der Waals surface area contributed by atoms with Crippen molar-refractivity contribution >= 4 is 28.6 Å². The largest absolute Gasteiger partial charge is 0.495 e. The van der Waals surface area contributed by atoms with Crippen molar-refractivity contribution in [2.75, 3.05) is 25.5 Å². The number of hydrogen-bond donors (Lipinski definition) is 1. The van der Waals surface area contributed by atoms with Crippen LogP contribution in [-0.2, 0) is 4.79 Å². The molecule has 0 bridgehead atoms. The quantitative estimate of drug-likeness (QED) is 0.428. The fourth-order valence-corrected chi connectivity index (χ4v) is 3.62. The average molecular weight is 448 g/mol. The summed E-state index contributed by atoms with van der Waals surface area (Å²) in [6, 6.07) is 12.2. The van der Waals surface area contributed by atoms with Crippen molar-refractivity contribution in [3.8, 4) is 17.2 Å². The fourth-order valence-electron chi connectivity index (χ4n) is 3.62. The molecule has 4 rings (SSSR count). The highest BCUT2D eigenvalue weighted by molar-refractivity contribution is 6.08. The van der Waals surface area contributed by atoms with Gasteiger partial charge in [-0.3, -0.25) is 9.59 Å². The Labute approximate surface area is 190 Å². The highest BCUT2D eigenvalue weighted by atomic mass is 16.5. The van der Waals surface area contributed by atoms with Crippen LogP contribution >= 0.6 is 0 Å². The molecule has 3 aromatic heterocycles. The molecule has 170 valence electrons. The van der Waals surface area contributed by atoms with Gasteiger partial charge in [-0.1, -0.05) is 24.2 Å². The number of ether oxygens (including phenoxy) is 1. The van der Waals surface area contributed by atoms with E-state index in [0.29, 0.717) is 52.5 Å². The molecular weight excluding hydrogens is 424 g/mol. The number of nitrogens with zero attached hydrogens (tertiary/aromatic N) is 3. The molecule has 0 saturated carbocycles. The number of amides is 2. The van der Waals surface area contributed by atoms with Crippen LogP contribution in [0.25, 0.3) is 22.6 Å². The van der Waals surface area contributed by atoms with E-state index in [1.165, 1.54) is 18.3 Å². The third-order valence-corrected chi connectivity index (χ3v) is 5.12. The van der Waals surface area contributed by atoms with Crippen molar-refractivity contribution in [3.63, 3.8) is 0 Å². The van der Waals surface area contributed by atoms with Gasteiger partial charge in [0.15, 0.2) is 5.76 Å². The lowest BCUT2D eigenvalue weighted by atomic mass is 10.1. The minimum atomic E-state index is -0.333. The number of anilines is 1. The summed E-state index contributed by atoms with van der Waals surface area (Å²) >= 11 is 0. The second-order valence-electron chi connectivity index (χ2n) is 7.46. The summed E-state index contributed by atoms with van der Waals surface area (Å²) in [5, 5.41) is 7.30. The van der Waals surface area contributed by atoms with E-state index in [4.69, 9.17) is 13.7 Å². The molecule has 1 N–H and O–H groups in total. The van der Waals surface area contributed by atoms with Crippen molar-refractivity contribution in [3.05, 3.63) is 60.0 Å². The van der Waals surface area contributed by atoms with Crippen LogP contribution in [0.2, 0.25) is 0 Å². The van der Waals surface area contributed by atoms with Crippen molar-refractivity contribution < 1.29 is 23.3 Å². The van der Waals surface area contributed by atoms with Gasteiger partial charge >= 0.3 is 0 Å². The Hall–Kier alpha value is -4.14. The Morgan fingerprint density at radius 2 is 2.00 bits per heavy atom. The molecule has 0 aliphatic heterocycles. The number of methoxy groups -OCH3 is 1. The molecular formula is C24H24N4O5. The number of aromatic nitrogens is 2. The van der Waals surface area contributed by atoms with Gasteiger partial charge in [0.2, 0.25) is 5.91 Å². The van der Waals surface area contributed by atoms with Gasteiger partial charge in [-0.15, -0.1) is 0 Å². The number of pyridine rings is 1. The molecule has 0 fully saturated rings. The first kappa shape index (κ1) is 22.1. The first-order valence-corrected chi connectivity index (χ1v) is 10.5. The number of nitrogens with one attached hydrogen (secondary N) is 1. The predicted octanol–water partition coefficient (Wildman–Crippen LogP) is 4.29. The number of fused-ring (bicyclic) bond motifs is 1. The van der Waals surface area contributed by atoms with Gasteiger partial charge in [0.05, 0.1) is 35.7 Å². The van der Waals surface area contributed by atoms with Gasteiger partial charge in [-0.05, 0) is 43.7 Å². The second kappa shape index (κ2) is 9.56. The number of carbonyl (C=O) groups excluding carboxylic acids is 2. The molecule has 0 atom stereocenters. The monoisotopic (exact) mass is 448 g/mol. The Balaban J connectivity index is 1.65. The maximum Gasteiger partial charge on any atom is 0.259 e. The molecule has 0 radical (unpaired) electrons. The second-order valence-corrected chi connectivity index (χ2v) is 7.46. The van der Waals surface area contributed by atoms with Crippen LogP contribution in [0, 0.1) is 6.92 Å². The molecule has 1 aromatic carbocycles. The van der Waals surface area contributed by atoms with Crippen molar-refractivity contribution in [2.45, 2.75) is 20.3 Å². The summed E-state index contributed by atoms with van der Waals surface area (Å²) in [4.78, 5) is 32.4. The molecule has 2 amide bonds. The molecule has 3 heterocycles. The molecule has 4 aromatic rings. The Morgan fingerprint density at radius 1 is 1.18 bits per heavy atom. The van der Waals surface area contributed by atoms with E-state index >= 15 is 0 Å². The highest BCUT2D eigenvalue weighted by Crippen LogP contribution is 2.28. The van der Waals surface area contributed by atoms with Crippen LogP contribution in [0.15, 0.2) is 57.7 Å². The van der Waals surface area contributed by atoms with Crippen LogP contribution in [-0.4, -0.2) is 47.1 Å².